The van der Waals surface area contributed by atoms with E-state index in [1.807, 2.05) is 0 Å². The molecular formula is C14H14N2O4. The molecule has 0 aromatic carbocycles. The lowest BCUT2D eigenvalue weighted by Gasteiger charge is -2.21. The predicted octanol–water partition coefficient (Wildman–Crippen LogP) is 0.173. The summed E-state index contributed by atoms with van der Waals surface area (Å²) in [7, 11) is 0. The minimum Gasteiger partial charge on any atom is -0.275 e. The van der Waals surface area contributed by atoms with Crippen LogP contribution < -0.4 is 0 Å². The van der Waals surface area contributed by atoms with Gasteiger partial charge in [0.1, 0.15) is 0 Å². The SMILES string of the molecule is O=C1C=CCCN1C(=O)/C=C/C(=O)N1CCC=CC1=O. The molecule has 0 N–H and O–H groups in total. The summed E-state index contributed by atoms with van der Waals surface area (Å²) in [6.45, 7) is 0.607. The van der Waals surface area contributed by atoms with Gasteiger partial charge in [0.05, 0.1) is 0 Å². The van der Waals surface area contributed by atoms with Crippen molar-refractivity contribution in [2.24, 2.45) is 0 Å². The highest BCUT2D eigenvalue weighted by Gasteiger charge is 2.21. The molecule has 2 aliphatic rings. The zero-order chi connectivity index (χ0) is 14.5. The monoisotopic (exact) mass is 274 g/mol. The molecule has 0 bridgehead atoms. The van der Waals surface area contributed by atoms with Gasteiger partial charge in [-0.2, -0.15) is 0 Å². The second-order valence-electron chi connectivity index (χ2n) is 4.37. The second kappa shape index (κ2) is 6.10. The molecule has 0 atom stereocenters. The molecule has 0 saturated carbocycles. The maximum absolute atomic E-state index is 11.8. The van der Waals surface area contributed by atoms with Gasteiger partial charge >= 0.3 is 0 Å². The van der Waals surface area contributed by atoms with E-state index >= 15 is 0 Å². The first kappa shape index (κ1) is 13.9. The van der Waals surface area contributed by atoms with Crippen LogP contribution in [0.1, 0.15) is 12.8 Å². The summed E-state index contributed by atoms with van der Waals surface area (Å²) in [5, 5.41) is 0. The van der Waals surface area contributed by atoms with Gasteiger partial charge in [-0.1, -0.05) is 12.2 Å². The third-order valence-corrected chi connectivity index (χ3v) is 2.99. The number of carbonyl (C=O) groups is 4. The molecule has 20 heavy (non-hydrogen) atoms. The Labute approximate surface area is 116 Å². The molecule has 0 aromatic rings. The standard InChI is InChI=1S/C14H14N2O4/c17-11-5-1-3-9-15(11)13(19)7-8-14(20)16-10-4-2-6-12(16)18/h1-2,5-8H,3-4,9-10H2/b8-7+. The number of hydrogen-bond acceptors (Lipinski definition) is 4. The van der Waals surface area contributed by atoms with Crippen LogP contribution in [-0.2, 0) is 19.2 Å². The molecule has 0 aromatic heterocycles. The van der Waals surface area contributed by atoms with Gasteiger partial charge in [-0.3, -0.25) is 29.0 Å². The van der Waals surface area contributed by atoms with E-state index in [-0.39, 0.29) is 0 Å². The first-order valence-electron chi connectivity index (χ1n) is 6.31. The van der Waals surface area contributed by atoms with Gasteiger partial charge in [-0.05, 0) is 25.0 Å². The van der Waals surface area contributed by atoms with E-state index in [0.29, 0.717) is 25.9 Å². The molecule has 0 unspecified atom stereocenters. The normalized spacial score (nSPS) is 19.0. The Balaban J connectivity index is 1.98. The lowest BCUT2D eigenvalue weighted by Crippen LogP contribution is -2.39. The summed E-state index contributed by atoms with van der Waals surface area (Å²) in [6.07, 6.45) is 9.32. The van der Waals surface area contributed by atoms with Crippen molar-refractivity contribution in [2.75, 3.05) is 13.1 Å². The summed E-state index contributed by atoms with van der Waals surface area (Å²) < 4.78 is 0. The van der Waals surface area contributed by atoms with E-state index in [9.17, 15) is 19.2 Å². The minimum absolute atomic E-state index is 0.304. The van der Waals surface area contributed by atoms with Gasteiger partial charge in [0.15, 0.2) is 0 Å². The first-order chi connectivity index (χ1) is 9.59. The van der Waals surface area contributed by atoms with Crippen LogP contribution in [0, 0.1) is 0 Å². The average Bonchev–Trinajstić information content (AvgIpc) is 2.45. The fraction of sp³-hybridized carbons (Fsp3) is 0.286. The van der Waals surface area contributed by atoms with Crippen LogP contribution in [-0.4, -0.2) is 46.5 Å². The predicted molar refractivity (Wildman–Crippen MR) is 70.1 cm³/mol. The molecular weight excluding hydrogens is 260 g/mol. The maximum Gasteiger partial charge on any atom is 0.253 e. The van der Waals surface area contributed by atoms with Gasteiger partial charge in [0.2, 0.25) is 0 Å². The number of nitrogens with zero attached hydrogens (tertiary/aromatic N) is 2. The topological polar surface area (TPSA) is 74.8 Å². The molecule has 2 heterocycles. The van der Waals surface area contributed by atoms with Crippen LogP contribution >= 0.6 is 0 Å². The molecule has 0 radical (unpaired) electrons. The van der Waals surface area contributed by atoms with Crippen molar-refractivity contribution in [3.8, 4) is 0 Å². The maximum atomic E-state index is 11.8. The van der Waals surface area contributed by atoms with E-state index in [2.05, 4.69) is 0 Å². The van der Waals surface area contributed by atoms with E-state index < -0.39 is 23.6 Å². The Bertz CT molecular complexity index is 497. The van der Waals surface area contributed by atoms with Gasteiger partial charge in [-0.25, -0.2) is 0 Å². The number of carbonyl (C=O) groups excluding carboxylic acids is 4. The summed E-state index contributed by atoms with van der Waals surface area (Å²) in [5.41, 5.74) is 0. The Morgan fingerprint density at radius 3 is 1.60 bits per heavy atom. The Morgan fingerprint density at radius 1 is 0.850 bits per heavy atom. The molecule has 2 aliphatic heterocycles. The van der Waals surface area contributed by atoms with Gasteiger partial charge in [-0.15, -0.1) is 0 Å². The Morgan fingerprint density at radius 2 is 1.25 bits per heavy atom. The van der Waals surface area contributed by atoms with Crippen LogP contribution in [0.4, 0.5) is 0 Å². The van der Waals surface area contributed by atoms with Crippen molar-refractivity contribution < 1.29 is 19.2 Å². The quantitative estimate of drug-likeness (QED) is 0.673. The van der Waals surface area contributed by atoms with Crippen LogP contribution in [0.5, 0.6) is 0 Å². The molecule has 6 heteroatoms. The highest BCUT2D eigenvalue weighted by Crippen LogP contribution is 2.06. The van der Waals surface area contributed by atoms with Crippen molar-refractivity contribution in [3.05, 3.63) is 36.5 Å². The molecule has 2 rings (SSSR count). The molecule has 0 spiro atoms. The number of imide groups is 2. The molecule has 104 valence electrons. The summed E-state index contributed by atoms with van der Waals surface area (Å²) in [4.78, 5) is 48.6. The van der Waals surface area contributed by atoms with Crippen LogP contribution in [0.25, 0.3) is 0 Å². The highest BCUT2D eigenvalue weighted by atomic mass is 16.2. The van der Waals surface area contributed by atoms with Crippen molar-refractivity contribution >= 4 is 23.6 Å². The van der Waals surface area contributed by atoms with Crippen molar-refractivity contribution in [2.45, 2.75) is 12.8 Å². The Kier molecular flexibility index (Phi) is 4.24. The Hall–Kier alpha value is -2.50. The van der Waals surface area contributed by atoms with Gasteiger partial charge in [0.25, 0.3) is 23.6 Å². The summed E-state index contributed by atoms with van der Waals surface area (Å²) in [5.74, 6) is -1.88. The smallest absolute Gasteiger partial charge is 0.253 e. The van der Waals surface area contributed by atoms with Crippen LogP contribution in [0.2, 0.25) is 0 Å². The van der Waals surface area contributed by atoms with Gasteiger partial charge < -0.3 is 0 Å². The lowest BCUT2D eigenvalue weighted by atomic mass is 10.2. The molecule has 0 aliphatic carbocycles. The fourth-order valence-electron chi connectivity index (χ4n) is 1.94. The zero-order valence-corrected chi connectivity index (χ0v) is 10.8. The largest absolute Gasteiger partial charge is 0.275 e. The van der Waals surface area contributed by atoms with Crippen molar-refractivity contribution in [1.29, 1.82) is 0 Å². The van der Waals surface area contributed by atoms with Crippen LogP contribution in [0.3, 0.4) is 0 Å². The average molecular weight is 274 g/mol. The third-order valence-electron chi connectivity index (χ3n) is 2.99. The zero-order valence-electron chi connectivity index (χ0n) is 10.8. The van der Waals surface area contributed by atoms with Crippen LogP contribution in [0.15, 0.2) is 36.5 Å². The summed E-state index contributed by atoms with van der Waals surface area (Å²) >= 11 is 0. The van der Waals surface area contributed by atoms with Gasteiger partial charge in [0, 0.05) is 25.2 Å². The number of amides is 4. The minimum atomic E-state index is -0.548. The second-order valence-corrected chi connectivity index (χ2v) is 4.37. The van der Waals surface area contributed by atoms with E-state index in [4.69, 9.17) is 0 Å². The summed E-state index contributed by atoms with van der Waals surface area (Å²) in [6, 6.07) is 0. The fourth-order valence-corrected chi connectivity index (χ4v) is 1.94. The van der Waals surface area contributed by atoms with E-state index in [1.165, 1.54) is 12.2 Å². The van der Waals surface area contributed by atoms with Crippen molar-refractivity contribution in [3.63, 3.8) is 0 Å². The van der Waals surface area contributed by atoms with E-state index in [0.717, 1.165) is 22.0 Å². The number of rotatable bonds is 2. The molecule has 0 saturated heterocycles. The molecule has 6 nitrogen and oxygen atoms in total. The number of hydrogen-bond donors (Lipinski definition) is 0. The molecule has 0 fully saturated rings. The highest BCUT2D eigenvalue weighted by molar-refractivity contribution is 6.10. The van der Waals surface area contributed by atoms with E-state index in [1.54, 1.807) is 12.2 Å². The third kappa shape index (κ3) is 3.09. The lowest BCUT2D eigenvalue weighted by molar-refractivity contribution is -0.141. The molecule has 4 amide bonds. The van der Waals surface area contributed by atoms with Crippen molar-refractivity contribution in [1.82, 2.24) is 9.80 Å². The first-order valence-corrected chi connectivity index (χ1v) is 6.31.